The zero-order valence-electron chi connectivity index (χ0n) is 21.9. The van der Waals surface area contributed by atoms with E-state index in [1.54, 1.807) is 25.2 Å². The second-order valence-corrected chi connectivity index (χ2v) is 10.6. The fourth-order valence-corrected chi connectivity index (χ4v) is 5.40. The maximum atomic E-state index is 12.9. The number of piperazine rings is 1. The van der Waals surface area contributed by atoms with Crippen LogP contribution in [-0.2, 0) is 6.54 Å². The number of aromatic nitrogens is 4. The highest BCUT2D eigenvalue weighted by molar-refractivity contribution is 5.97. The van der Waals surface area contributed by atoms with Gasteiger partial charge in [-0.1, -0.05) is 18.9 Å². The minimum Gasteiger partial charge on any atom is -0.343 e. The second-order valence-electron chi connectivity index (χ2n) is 10.6. The van der Waals surface area contributed by atoms with E-state index < -0.39 is 0 Å². The van der Waals surface area contributed by atoms with Gasteiger partial charge < -0.3 is 14.8 Å². The standard InChI is InChI=1S/C27H38N8O/c1-19(2)34-13-11-33(12-14-34)18-20-9-10-24(28-16-20)30-27-29-17-21-15-23(26(36)32(3)4)35(25(21)31-27)22-7-5-6-8-22/h9-10,15-17,19,22H,5-8,11-14,18H2,1-4H3,(H,28,29,30,31). The molecule has 1 saturated heterocycles. The Labute approximate surface area is 213 Å². The highest BCUT2D eigenvalue weighted by Crippen LogP contribution is 2.34. The Bertz CT molecular complexity index is 1190. The Kier molecular flexibility index (Phi) is 7.20. The lowest BCUT2D eigenvalue weighted by Gasteiger charge is -2.36. The molecule has 0 bridgehead atoms. The number of nitrogens with zero attached hydrogens (tertiary/aromatic N) is 7. The van der Waals surface area contributed by atoms with Crippen LogP contribution in [0.5, 0.6) is 0 Å². The quantitative estimate of drug-likeness (QED) is 0.538. The molecular formula is C27H38N8O. The molecule has 1 aliphatic heterocycles. The summed E-state index contributed by atoms with van der Waals surface area (Å²) < 4.78 is 2.13. The van der Waals surface area contributed by atoms with Crippen molar-refractivity contribution in [2.45, 2.75) is 58.2 Å². The molecule has 0 atom stereocenters. The number of carbonyl (C=O) groups is 1. The van der Waals surface area contributed by atoms with Crippen LogP contribution in [0, 0.1) is 0 Å². The molecule has 192 valence electrons. The van der Waals surface area contributed by atoms with Gasteiger partial charge in [-0.2, -0.15) is 4.98 Å². The van der Waals surface area contributed by atoms with Crippen LogP contribution in [0.2, 0.25) is 0 Å². The van der Waals surface area contributed by atoms with Gasteiger partial charge >= 0.3 is 0 Å². The van der Waals surface area contributed by atoms with Crippen molar-refractivity contribution in [3.8, 4) is 0 Å². The lowest BCUT2D eigenvalue weighted by molar-refractivity contribution is 0.0815. The van der Waals surface area contributed by atoms with Gasteiger partial charge in [-0.3, -0.25) is 14.6 Å². The molecule has 1 N–H and O–H groups in total. The van der Waals surface area contributed by atoms with Crippen molar-refractivity contribution in [3.63, 3.8) is 0 Å². The summed E-state index contributed by atoms with van der Waals surface area (Å²) in [7, 11) is 3.58. The van der Waals surface area contributed by atoms with E-state index in [2.05, 4.69) is 49.6 Å². The summed E-state index contributed by atoms with van der Waals surface area (Å²) in [6, 6.07) is 6.95. The predicted octanol–water partition coefficient (Wildman–Crippen LogP) is 3.91. The highest BCUT2D eigenvalue weighted by atomic mass is 16.2. The fourth-order valence-electron chi connectivity index (χ4n) is 5.40. The molecule has 5 rings (SSSR count). The maximum Gasteiger partial charge on any atom is 0.270 e. The maximum absolute atomic E-state index is 12.9. The molecule has 36 heavy (non-hydrogen) atoms. The Hall–Kier alpha value is -3.04. The van der Waals surface area contributed by atoms with Crippen molar-refractivity contribution in [1.29, 1.82) is 0 Å². The lowest BCUT2D eigenvalue weighted by Crippen LogP contribution is -2.48. The summed E-state index contributed by atoms with van der Waals surface area (Å²) in [5.41, 5.74) is 2.70. The first-order valence-corrected chi connectivity index (χ1v) is 13.2. The topological polar surface area (TPSA) is 82.4 Å². The molecule has 0 unspecified atom stereocenters. The SMILES string of the molecule is CC(C)N1CCN(Cc2ccc(Nc3ncc4cc(C(=O)N(C)C)n(C5CCCC5)c4n3)nc2)CC1. The Morgan fingerprint density at radius 3 is 2.47 bits per heavy atom. The van der Waals surface area contributed by atoms with Gasteiger partial charge in [-0.05, 0) is 44.4 Å². The van der Waals surface area contributed by atoms with E-state index in [0.29, 0.717) is 29.5 Å². The van der Waals surface area contributed by atoms with Crippen molar-refractivity contribution in [2.75, 3.05) is 45.6 Å². The number of nitrogens with one attached hydrogen (secondary N) is 1. The van der Waals surface area contributed by atoms with Crippen molar-refractivity contribution < 1.29 is 4.79 Å². The van der Waals surface area contributed by atoms with Crippen LogP contribution in [0.25, 0.3) is 11.0 Å². The lowest BCUT2D eigenvalue weighted by atomic mass is 10.2. The molecule has 0 spiro atoms. The third kappa shape index (κ3) is 5.22. The molecule has 1 amide bonds. The number of anilines is 2. The van der Waals surface area contributed by atoms with Gasteiger partial charge in [0, 0.05) is 76.7 Å². The molecule has 1 saturated carbocycles. The van der Waals surface area contributed by atoms with E-state index in [-0.39, 0.29) is 5.91 Å². The third-order valence-electron chi connectivity index (χ3n) is 7.50. The molecule has 3 aromatic heterocycles. The van der Waals surface area contributed by atoms with Gasteiger partial charge in [-0.25, -0.2) is 9.97 Å². The number of amides is 1. The van der Waals surface area contributed by atoms with E-state index in [9.17, 15) is 4.79 Å². The molecule has 9 nitrogen and oxygen atoms in total. The number of rotatable bonds is 7. The molecule has 9 heteroatoms. The monoisotopic (exact) mass is 490 g/mol. The molecule has 1 aliphatic carbocycles. The molecule has 4 heterocycles. The van der Waals surface area contributed by atoms with Crippen LogP contribution < -0.4 is 5.32 Å². The summed E-state index contributed by atoms with van der Waals surface area (Å²) in [5.74, 6) is 1.21. The Morgan fingerprint density at radius 2 is 1.83 bits per heavy atom. The number of pyridine rings is 1. The minimum absolute atomic E-state index is 0.00251. The van der Waals surface area contributed by atoms with E-state index >= 15 is 0 Å². The summed E-state index contributed by atoms with van der Waals surface area (Å²) in [6.07, 6.45) is 8.23. The molecular weight excluding hydrogens is 452 g/mol. The molecule has 3 aromatic rings. The van der Waals surface area contributed by atoms with Gasteiger partial charge in [0.1, 0.15) is 17.2 Å². The normalized spacial score (nSPS) is 17.8. The first-order chi connectivity index (χ1) is 17.4. The third-order valence-corrected chi connectivity index (χ3v) is 7.50. The summed E-state index contributed by atoms with van der Waals surface area (Å²) >= 11 is 0. The molecule has 2 fully saturated rings. The first kappa shape index (κ1) is 24.6. The Morgan fingerprint density at radius 1 is 1.08 bits per heavy atom. The average Bonchev–Trinajstić information content (AvgIpc) is 3.52. The van der Waals surface area contributed by atoms with Gasteiger partial charge in [0.05, 0.1) is 0 Å². The van der Waals surface area contributed by atoms with E-state index in [1.165, 1.54) is 18.4 Å². The highest BCUT2D eigenvalue weighted by Gasteiger charge is 2.26. The van der Waals surface area contributed by atoms with Crippen LogP contribution in [0.4, 0.5) is 11.8 Å². The number of hydrogen-bond acceptors (Lipinski definition) is 7. The van der Waals surface area contributed by atoms with Crippen LogP contribution in [0.15, 0.2) is 30.6 Å². The van der Waals surface area contributed by atoms with E-state index in [0.717, 1.165) is 56.6 Å². The molecule has 2 aliphatic rings. The second kappa shape index (κ2) is 10.5. The smallest absolute Gasteiger partial charge is 0.270 e. The van der Waals surface area contributed by atoms with Gasteiger partial charge in [0.15, 0.2) is 0 Å². The van der Waals surface area contributed by atoms with Crippen molar-refractivity contribution in [1.82, 2.24) is 34.2 Å². The van der Waals surface area contributed by atoms with Gasteiger partial charge in [0.2, 0.25) is 5.95 Å². The average molecular weight is 491 g/mol. The van der Waals surface area contributed by atoms with Crippen LogP contribution in [0.1, 0.15) is 61.6 Å². The van der Waals surface area contributed by atoms with Crippen molar-refractivity contribution in [2.24, 2.45) is 0 Å². The van der Waals surface area contributed by atoms with Crippen molar-refractivity contribution in [3.05, 3.63) is 41.9 Å². The van der Waals surface area contributed by atoms with E-state index in [4.69, 9.17) is 4.98 Å². The fraction of sp³-hybridized carbons (Fsp3) is 0.556. The first-order valence-electron chi connectivity index (χ1n) is 13.2. The zero-order chi connectivity index (χ0) is 25.2. The van der Waals surface area contributed by atoms with Crippen LogP contribution >= 0.6 is 0 Å². The zero-order valence-corrected chi connectivity index (χ0v) is 21.9. The Balaban J connectivity index is 1.31. The van der Waals surface area contributed by atoms with Gasteiger partial charge in [0.25, 0.3) is 5.91 Å². The number of fused-ring (bicyclic) bond motifs is 1. The van der Waals surface area contributed by atoms with Crippen LogP contribution in [-0.4, -0.2) is 86.4 Å². The molecule has 0 aromatic carbocycles. The largest absolute Gasteiger partial charge is 0.343 e. The van der Waals surface area contributed by atoms with E-state index in [1.807, 2.05) is 18.3 Å². The van der Waals surface area contributed by atoms with Gasteiger partial charge in [-0.15, -0.1) is 0 Å². The number of hydrogen-bond donors (Lipinski definition) is 1. The minimum atomic E-state index is -0.00251. The number of carbonyl (C=O) groups excluding carboxylic acids is 1. The summed E-state index contributed by atoms with van der Waals surface area (Å²) in [5, 5.41) is 4.15. The predicted molar refractivity (Wildman–Crippen MR) is 143 cm³/mol. The van der Waals surface area contributed by atoms with Crippen LogP contribution in [0.3, 0.4) is 0 Å². The molecule has 0 radical (unpaired) electrons. The van der Waals surface area contributed by atoms with Crippen molar-refractivity contribution >= 4 is 28.7 Å². The summed E-state index contributed by atoms with van der Waals surface area (Å²) in [4.78, 5) is 33.5. The summed E-state index contributed by atoms with van der Waals surface area (Å²) in [6.45, 7) is 9.86.